The Bertz CT molecular complexity index is 471. The summed E-state index contributed by atoms with van der Waals surface area (Å²) in [7, 11) is 0. The number of carbonyl (C=O) groups excluding carboxylic acids is 1. The first-order chi connectivity index (χ1) is 8.88. The van der Waals surface area contributed by atoms with E-state index in [-0.39, 0.29) is 17.4 Å². The van der Waals surface area contributed by atoms with E-state index in [0.29, 0.717) is 23.6 Å². The van der Waals surface area contributed by atoms with E-state index in [1.807, 2.05) is 6.07 Å². The van der Waals surface area contributed by atoms with Gasteiger partial charge >= 0.3 is 0 Å². The van der Waals surface area contributed by atoms with Crippen molar-refractivity contribution in [1.29, 1.82) is 5.26 Å². The van der Waals surface area contributed by atoms with Crippen LogP contribution in [-0.2, 0) is 0 Å². The van der Waals surface area contributed by atoms with Crippen molar-refractivity contribution >= 4 is 17.5 Å². The number of halogens is 1. The normalized spacial score (nSPS) is 12.6. The summed E-state index contributed by atoms with van der Waals surface area (Å²) in [5.74, 6) is 0.248. The Morgan fingerprint density at radius 3 is 2.63 bits per heavy atom. The third-order valence-electron chi connectivity index (χ3n) is 2.87. The summed E-state index contributed by atoms with van der Waals surface area (Å²) in [6.07, 6.45) is 2.09. The molecule has 1 rings (SSSR count). The maximum atomic E-state index is 12.1. The Kier molecular flexibility index (Phi) is 5.31. The average molecular weight is 280 g/mol. The predicted octanol–water partition coefficient (Wildman–Crippen LogP) is 2.73. The van der Waals surface area contributed by atoms with Crippen LogP contribution in [-0.4, -0.2) is 22.8 Å². The minimum Gasteiger partial charge on any atom is -0.347 e. The highest BCUT2D eigenvalue weighted by molar-refractivity contribution is 6.17. The Balaban J connectivity index is 2.79. The largest absolute Gasteiger partial charge is 0.347 e. The monoisotopic (exact) mass is 279 g/mol. The standard InChI is InChI=1S/C14H18ClN3O/c1-14(2,3)12(6-7-15)18-13(19)11-5-4-10(8-16)9-17-11/h4-5,9,12H,6-7H2,1-3H3,(H,18,19). The molecular formula is C14H18ClN3O. The van der Waals surface area contributed by atoms with Crippen LogP contribution in [0.25, 0.3) is 0 Å². The minimum atomic E-state index is -0.241. The molecule has 1 atom stereocenters. The Morgan fingerprint density at radius 2 is 2.21 bits per heavy atom. The first-order valence-electron chi connectivity index (χ1n) is 6.11. The number of hydrogen-bond donors (Lipinski definition) is 1. The third kappa shape index (κ3) is 4.53. The molecule has 5 heteroatoms. The Morgan fingerprint density at radius 1 is 1.53 bits per heavy atom. The molecule has 1 N–H and O–H groups in total. The van der Waals surface area contributed by atoms with Crippen LogP contribution in [0.5, 0.6) is 0 Å². The van der Waals surface area contributed by atoms with Crippen molar-refractivity contribution in [3.63, 3.8) is 0 Å². The Hall–Kier alpha value is -1.60. The van der Waals surface area contributed by atoms with Crippen molar-refractivity contribution in [1.82, 2.24) is 10.3 Å². The van der Waals surface area contributed by atoms with Crippen molar-refractivity contribution in [2.24, 2.45) is 5.41 Å². The van der Waals surface area contributed by atoms with Gasteiger partial charge in [-0.1, -0.05) is 20.8 Å². The highest BCUT2D eigenvalue weighted by Gasteiger charge is 2.26. The number of nitrogens with zero attached hydrogens (tertiary/aromatic N) is 2. The van der Waals surface area contributed by atoms with Gasteiger partial charge in [0.05, 0.1) is 5.56 Å². The lowest BCUT2D eigenvalue weighted by atomic mass is 9.85. The zero-order chi connectivity index (χ0) is 14.5. The van der Waals surface area contributed by atoms with Gasteiger partial charge in [-0.15, -0.1) is 11.6 Å². The van der Waals surface area contributed by atoms with Crippen LogP contribution in [0, 0.1) is 16.7 Å². The van der Waals surface area contributed by atoms with E-state index in [9.17, 15) is 4.79 Å². The molecule has 0 saturated carbocycles. The number of pyridine rings is 1. The number of amides is 1. The van der Waals surface area contributed by atoms with Crippen molar-refractivity contribution in [2.75, 3.05) is 5.88 Å². The summed E-state index contributed by atoms with van der Waals surface area (Å²) in [5, 5.41) is 11.6. The van der Waals surface area contributed by atoms with Gasteiger partial charge in [0.15, 0.2) is 0 Å². The van der Waals surface area contributed by atoms with Crippen LogP contribution in [0.2, 0.25) is 0 Å². The number of nitriles is 1. The number of carbonyl (C=O) groups is 1. The third-order valence-corrected chi connectivity index (χ3v) is 3.09. The summed E-state index contributed by atoms with van der Waals surface area (Å²) in [6.45, 7) is 6.16. The first-order valence-corrected chi connectivity index (χ1v) is 6.65. The number of rotatable bonds is 4. The van der Waals surface area contributed by atoms with E-state index in [2.05, 4.69) is 31.1 Å². The minimum absolute atomic E-state index is 0.0186. The van der Waals surface area contributed by atoms with Crippen LogP contribution in [0.15, 0.2) is 18.3 Å². The fourth-order valence-corrected chi connectivity index (χ4v) is 1.88. The second kappa shape index (κ2) is 6.53. The summed E-state index contributed by atoms with van der Waals surface area (Å²) in [5.41, 5.74) is 0.671. The molecule has 0 bridgehead atoms. The summed E-state index contributed by atoms with van der Waals surface area (Å²) in [6, 6.07) is 5.08. The lowest BCUT2D eigenvalue weighted by Crippen LogP contribution is -2.44. The second-order valence-corrected chi connectivity index (χ2v) is 5.79. The van der Waals surface area contributed by atoms with Gasteiger partial charge in [0.25, 0.3) is 5.91 Å². The Labute approximate surface area is 118 Å². The fraction of sp³-hybridized carbons (Fsp3) is 0.500. The van der Waals surface area contributed by atoms with Crippen molar-refractivity contribution < 1.29 is 4.79 Å². The van der Waals surface area contributed by atoms with Gasteiger partial charge in [-0.05, 0) is 24.0 Å². The second-order valence-electron chi connectivity index (χ2n) is 5.41. The molecule has 0 aliphatic carbocycles. The summed E-state index contributed by atoms with van der Waals surface area (Å²) >= 11 is 5.77. The smallest absolute Gasteiger partial charge is 0.270 e. The highest BCUT2D eigenvalue weighted by Crippen LogP contribution is 2.22. The van der Waals surface area contributed by atoms with Crippen LogP contribution < -0.4 is 5.32 Å². The molecule has 1 heterocycles. The van der Waals surface area contributed by atoms with Crippen molar-refractivity contribution in [3.8, 4) is 6.07 Å². The lowest BCUT2D eigenvalue weighted by molar-refractivity contribution is 0.0895. The molecular weight excluding hydrogens is 262 g/mol. The van der Waals surface area contributed by atoms with Gasteiger partial charge in [-0.3, -0.25) is 4.79 Å². The van der Waals surface area contributed by atoms with E-state index >= 15 is 0 Å². The van der Waals surface area contributed by atoms with Gasteiger partial charge in [-0.2, -0.15) is 5.26 Å². The number of hydrogen-bond acceptors (Lipinski definition) is 3. The molecule has 19 heavy (non-hydrogen) atoms. The van der Waals surface area contributed by atoms with Gasteiger partial charge in [-0.25, -0.2) is 4.98 Å². The van der Waals surface area contributed by atoms with Crippen molar-refractivity contribution in [2.45, 2.75) is 33.2 Å². The van der Waals surface area contributed by atoms with E-state index in [0.717, 1.165) is 0 Å². The summed E-state index contributed by atoms with van der Waals surface area (Å²) < 4.78 is 0. The topological polar surface area (TPSA) is 65.8 Å². The van der Waals surface area contributed by atoms with E-state index in [1.165, 1.54) is 6.20 Å². The maximum Gasteiger partial charge on any atom is 0.270 e. The lowest BCUT2D eigenvalue weighted by Gasteiger charge is -2.31. The molecule has 102 valence electrons. The van der Waals surface area contributed by atoms with Gasteiger partial charge < -0.3 is 5.32 Å². The van der Waals surface area contributed by atoms with E-state index in [4.69, 9.17) is 16.9 Å². The molecule has 0 radical (unpaired) electrons. The zero-order valence-corrected chi connectivity index (χ0v) is 12.2. The first kappa shape index (κ1) is 15.5. The van der Waals surface area contributed by atoms with Gasteiger partial charge in [0.1, 0.15) is 11.8 Å². The average Bonchev–Trinajstić information content (AvgIpc) is 2.37. The quantitative estimate of drug-likeness (QED) is 0.862. The number of alkyl halides is 1. The zero-order valence-electron chi connectivity index (χ0n) is 11.4. The SMILES string of the molecule is CC(C)(C)C(CCCl)NC(=O)c1ccc(C#N)cn1. The molecule has 1 aromatic heterocycles. The van der Waals surface area contributed by atoms with Crippen LogP contribution in [0.1, 0.15) is 43.2 Å². The van der Waals surface area contributed by atoms with Gasteiger partial charge in [0, 0.05) is 18.1 Å². The highest BCUT2D eigenvalue weighted by atomic mass is 35.5. The number of aromatic nitrogens is 1. The van der Waals surface area contributed by atoms with E-state index in [1.54, 1.807) is 12.1 Å². The van der Waals surface area contributed by atoms with Crippen LogP contribution in [0.4, 0.5) is 0 Å². The molecule has 0 aromatic carbocycles. The molecule has 4 nitrogen and oxygen atoms in total. The van der Waals surface area contributed by atoms with E-state index < -0.39 is 0 Å². The molecule has 0 spiro atoms. The molecule has 0 aliphatic rings. The number of nitrogens with one attached hydrogen (secondary N) is 1. The van der Waals surface area contributed by atoms with Crippen LogP contribution in [0.3, 0.4) is 0 Å². The molecule has 1 aromatic rings. The molecule has 1 amide bonds. The fourth-order valence-electron chi connectivity index (χ4n) is 1.66. The molecule has 0 saturated heterocycles. The molecule has 0 fully saturated rings. The summed E-state index contributed by atoms with van der Waals surface area (Å²) in [4.78, 5) is 16.1. The predicted molar refractivity (Wildman–Crippen MR) is 75.0 cm³/mol. The maximum absolute atomic E-state index is 12.1. The van der Waals surface area contributed by atoms with Crippen LogP contribution >= 0.6 is 11.6 Å². The van der Waals surface area contributed by atoms with Gasteiger partial charge in [0.2, 0.25) is 0 Å². The molecule has 0 aliphatic heterocycles. The molecule has 1 unspecified atom stereocenters. The van der Waals surface area contributed by atoms with Crippen molar-refractivity contribution in [3.05, 3.63) is 29.6 Å².